The predicted octanol–water partition coefficient (Wildman–Crippen LogP) is 0.920. The molecule has 1 unspecified atom stereocenters. The first kappa shape index (κ1) is 9.89. The summed E-state index contributed by atoms with van der Waals surface area (Å²) in [7, 11) is 0. The number of carboxylic acids is 1. The van der Waals surface area contributed by atoms with E-state index >= 15 is 0 Å². The first-order valence-corrected chi connectivity index (χ1v) is 5.05. The van der Waals surface area contributed by atoms with Gasteiger partial charge in [-0.05, 0) is 25.3 Å². The van der Waals surface area contributed by atoms with Crippen LogP contribution in [0, 0.1) is 0 Å². The lowest BCUT2D eigenvalue weighted by Gasteiger charge is -2.32. The molecule has 0 amide bonds. The van der Waals surface area contributed by atoms with E-state index in [0.29, 0.717) is 12.4 Å². The summed E-state index contributed by atoms with van der Waals surface area (Å²) in [5, 5.41) is 9.07. The minimum absolute atomic E-state index is 0.471. The number of nitrogens with zero attached hydrogens (tertiary/aromatic N) is 3. The van der Waals surface area contributed by atoms with E-state index < -0.39 is 12.0 Å². The molecule has 0 radical (unpaired) electrons. The highest BCUT2D eigenvalue weighted by atomic mass is 16.4. The lowest BCUT2D eigenvalue weighted by Crippen LogP contribution is -2.45. The highest BCUT2D eigenvalue weighted by Gasteiger charge is 2.29. The van der Waals surface area contributed by atoms with Crippen LogP contribution in [0.5, 0.6) is 0 Å². The highest BCUT2D eigenvalue weighted by Crippen LogP contribution is 2.21. The molecule has 0 bridgehead atoms. The van der Waals surface area contributed by atoms with Crippen molar-refractivity contribution in [3.63, 3.8) is 0 Å². The second-order valence-electron chi connectivity index (χ2n) is 3.59. The molecule has 1 saturated heterocycles. The maximum Gasteiger partial charge on any atom is 0.326 e. The third-order valence-corrected chi connectivity index (χ3v) is 2.60. The number of hydrogen-bond acceptors (Lipinski definition) is 4. The molecule has 80 valence electrons. The van der Waals surface area contributed by atoms with Crippen LogP contribution in [0.4, 0.5) is 5.95 Å². The molecule has 2 heterocycles. The molecule has 1 atom stereocenters. The minimum Gasteiger partial charge on any atom is -0.480 e. The summed E-state index contributed by atoms with van der Waals surface area (Å²) >= 11 is 0. The van der Waals surface area contributed by atoms with Gasteiger partial charge in [0, 0.05) is 18.9 Å². The molecule has 1 N–H and O–H groups in total. The van der Waals surface area contributed by atoms with Crippen molar-refractivity contribution in [3.8, 4) is 0 Å². The average molecular weight is 207 g/mol. The van der Waals surface area contributed by atoms with E-state index in [2.05, 4.69) is 9.97 Å². The van der Waals surface area contributed by atoms with Crippen molar-refractivity contribution >= 4 is 11.9 Å². The molecule has 1 aromatic rings. The molecule has 5 heteroatoms. The Labute approximate surface area is 87.8 Å². The molecule has 0 aliphatic carbocycles. The number of aliphatic carboxylic acids is 1. The van der Waals surface area contributed by atoms with Gasteiger partial charge in [-0.3, -0.25) is 0 Å². The lowest BCUT2D eigenvalue weighted by atomic mass is 10.0. The van der Waals surface area contributed by atoms with E-state index in [9.17, 15) is 4.79 Å². The van der Waals surface area contributed by atoms with E-state index in [1.807, 2.05) is 0 Å². The van der Waals surface area contributed by atoms with Crippen LogP contribution in [0.1, 0.15) is 19.3 Å². The van der Waals surface area contributed by atoms with Crippen molar-refractivity contribution in [2.45, 2.75) is 25.3 Å². The molecule has 1 aromatic heterocycles. The number of anilines is 1. The van der Waals surface area contributed by atoms with Gasteiger partial charge in [-0.1, -0.05) is 0 Å². The average Bonchev–Trinajstić information content (AvgIpc) is 2.30. The number of hydrogen-bond donors (Lipinski definition) is 1. The Morgan fingerprint density at radius 3 is 2.80 bits per heavy atom. The van der Waals surface area contributed by atoms with E-state index in [0.717, 1.165) is 19.4 Å². The van der Waals surface area contributed by atoms with Crippen LogP contribution in [0.25, 0.3) is 0 Å². The van der Waals surface area contributed by atoms with Crippen molar-refractivity contribution in [2.75, 3.05) is 11.4 Å². The van der Waals surface area contributed by atoms with Crippen LogP contribution in [0.2, 0.25) is 0 Å². The second kappa shape index (κ2) is 4.25. The van der Waals surface area contributed by atoms with Crippen LogP contribution >= 0.6 is 0 Å². The van der Waals surface area contributed by atoms with Gasteiger partial charge in [0.05, 0.1) is 0 Å². The van der Waals surface area contributed by atoms with E-state index in [4.69, 9.17) is 5.11 Å². The molecule has 0 saturated carbocycles. The summed E-state index contributed by atoms with van der Waals surface area (Å²) in [6.07, 6.45) is 5.90. The quantitative estimate of drug-likeness (QED) is 0.781. The van der Waals surface area contributed by atoms with Crippen molar-refractivity contribution in [2.24, 2.45) is 0 Å². The fourth-order valence-corrected chi connectivity index (χ4v) is 1.87. The molecular formula is C10H13N3O2. The minimum atomic E-state index is -0.790. The number of aromatic nitrogens is 2. The van der Waals surface area contributed by atoms with Crippen LogP contribution in [-0.2, 0) is 4.79 Å². The van der Waals surface area contributed by atoms with Crippen molar-refractivity contribution in [3.05, 3.63) is 18.5 Å². The third-order valence-electron chi connectivity index (χ3n) is 2.60. The zero-order valence-electron chi connectivity index (χ0n) is 8.33. The number of carboxylic acid groups (broad SMARTS) is 1. The fourth-order valence-electron chi connectivity index (χ4n) is 1.87. The molecule has 15 heavy (non-hydrogen) atoms. The van der Waals surface area contributed by atoms with Gasteiger partial charge in [0.1, 0.15) is 6.04 Å². The van der Waals surface area contributed by atoms with Gasteiger partial charge in [0.25, 0.3) is 0 Å². The first-order chi connectivity index (χ1) is 7.29. The number of rotatable bonds is 2. The predicted molar refractivity (Wildman–Crippen MR) is 54.7 cm³/mol. The topological polar surface area (TPSA) is 66.3 Å². The summed E-state index contributed by atoms with van der Waals surface area (Å²) in [5.74, 6) is -0.272. The maximum absolute atomic E-state index is 11.0. The smallest absolute Gasteiger partial charge is 0.326 e. The SMILES string of the molecule is O=C(O)C1CCCCN1c1ncccn1. The van der Waals surface area contributed by atoms with Gasteiger partial charge in [-0.25, -0.2) is 14.8 Å². The number of carbonyl (C=O) groups is 1. The second-order valence-corrected chi connectivity index (χ2v) is 3.59. The summed E-state index contributed by atoms with van der Waals surface area (Å²) in [5.41, 5.74) is 0. The number of piperidine rings is 1. The summed E-state index contributed by atoms with van der Waals surface area (Å²) in [6, 6.07) is 1.25. The van der Waals surface area contributed by atoms with E-state index in [1.165, 1.54) is 0 Å². The Bertz CT molecular complexity index is 342. The normalized spacial score (nSPS) is 21.3. The van der Waals surface area contributed by atoms with Gasteiger partial charge in [-0.15, -0.1) is 0 Å². The van der Waals surface area contributed by atoms with Gasteiger partial charge >= 0.3 is 5.97 Å². The molecule has 0 spiro atoms. The Kier molecular flexibility index (Phi) is 2.80. The molecule has 1 aliphatic heterocycles. The summed E-state index contributed by atoms with van der Waals surface area (Å²) < 4.78 is 0. The summed E-state index contributed by atoms with van der Waals surface area (Å²) in [6.45, 7) is 0.723. The summed E-state index contributed by atoms with van der Waals surface area (Å²) in [4.78, 5) is 21.0. The van der Waals surface area contributed by atoms with Crippen molar-refractivity contribution in [1.82, 2.24) is 9.97 Å². The molecular weight excluding hydrogens is 194 g/mol. The molecule has 2 rings (SSSR count). The fraction of sp³-hybridized carbons (Fsp3) is 0.500. The third kappa shape index (κ3) is 2.06. The van der Waals surface area contributed by atoms with Crippen molar-refractivity contribution in [1.29, 1.82) is 0 Å². The van der Waals surface area contributed by atoms with Crippen molar-refractivity contribution < 1.29 is 9.90 Å². The van der Waals surface area contributed by atoms with Crippen LogP contribution in [-0.4, -0.2) is 33.6 Å². The zero-order chi connectivity index (χ0) is 10.7. The lowest BCUT2D eigenvalue weighted by molar-refractivity contribution is -0.139. The van der Waals surface area contributed by atoms with E-state index in [1.54, 1.807) is 23.4 Å². The molecule has 1 aliphatic rings. The Morgan fingerprint density at radius 2 is 2.13 bits per heavy atom. The van der Waals surface area contributed by atoms with Gasteiger partial charge < -0.3 is 10.0 Å². The molecule has 5 nitrogen and oxygen atoms in total. The van der Waals surface area contributed by atoms with Gasteiger partial charge in [0.15, 0.2) is 0 Å². The standard InChI is InChI=1S/C10H13N3O2/c14-9(15)8-4-1-2-7-13(8)10-11-5-3-6-12-10/h3,5-6,8H,1-2,4,7H2,(H,14,15). The van der Waals surface area contributed by atoms with Gasteiger partial charge in [0.2, 0.25) is 5.95 Å². The monoisotopic (exact) mass is 207 g/mol. The highest BCUT2D eigenvalue weighted by molar-refractivity contribution is 5.77. The van der Waals surface area contributed by atoms with Crippen LogP contribution in [0.15, 0.2) is 18.5 Å². The first-order valence-electron chi connectivity index (χ1n) is 5.05. The van der Waals surface area contributed by atoms with Gasteiger partial charge in [-0.2, -0.15) is 0 Å². The van der Waals surface area contributed by atoms with Crippen LogP contribution in [0.3, 0.4) is 0 Å². The molecule has 0 aromatic carbocycles. The zero-order valence-corrected chi connectivity index (χ0v) is 8.33. The maximum atomic E-state index is 11.0. The Balaban J connectivity index is 2.22. The molecule has 1 fully saturated rings. The van der Waals surface area contributed by atoms with E-state index in [-0.39, 0.29) is 0 Å². The Hall–Kier alpha value is -1.65. The van der Waals surface area contributed by atoms with Crippen LogP contribution < -0.4 is 4.90 Å². The Morgan fingerprint density at radius 1 is 1.40 bits per heavy atom. The largest absolute Gasteiger partial charge is 0.480 e.